The van der Waals surface area contributed by atoms with Gasteiger partial charge in [-0.15, -0.1) is 5.10 Å². The molecule has 3 atom stereocenters. The molecule has 1 aliphatic rings. The van der Waals surface area contributed by atoms with Gasteiger partial charge >= 0.3 is 5.69 Å². The minimum atomic E-state index is -0.400. The quantitative estimate of drug-likeness (QED) is 0.659. The topological polar surface area (TPSA) is 89.0 Å². The second-order valence-corrected chi connectivity index (χ2v) is 8.51. The van der Waals surface area contributed by atoms with Gasteiger partial charge in [0, 0.05) is 12.3 Å². The van der Waals surface area contributed by atoms with E-state index in [0.29, 0.717) is 17.6 Å². The van der Waals surface area contributed by atoms with Crippen LogP contribution in [-0.4, -0.2) is 38.6 Å². The number of carbonyl (C=O) groups is 1. The number of thioether (sulfide) groups is 1. The third-order valence-electron chi connectivity index (χ3n) is 5.15. The van der Waals surface area contributed by atoms with Crippen molar-refractivity contribution in [1.29, 1.82) is 0 Å². The second-order valence-electron chi connectivity index (χ2n) is 7.20. The fourth-order valence-electron chi connectivity index (χ4n) is 3.25. The fourth-order valence-corrected chi connectivity index (χ4v) is 4.12. The Labute approximate surface area is 169 Å². The van der Waals surface area contributed by atoms with E-state index in [2.05, 4.69) is 35.4 Å². The SMILES string of the molecule is CCC(C)c1ccccc1NC(=O)C(C)Sc1n[nH]c(=O)n1CC1CCCO1. The normalized spacial score (nSPS) is 18.8. The monoisotopic (exact) mass is 404 g/mol. The summed E-state index contributed by atoms with van der Waals surface area (Å²) >= 11 is 1.27. The molecule has 1 aromatic heterocycles. The van der Waals surface area contributed by atoms with E-state index in [-0.39, 0.29) is 17.7 Å². The van der Waals surface area contributed by atoms with Crippen LogP contribution in [0.1, 0.15) is 51.5 Å². The lowest BCUT2D eigenvalue weighted by Gasteiger charge is -2.18. The Morgan fingerprint density at radius 3 is 2.93 bits per heavy atom. The van der Waals surface area contributed by atoms with E-state index < -0.39 is 5.25 Å². The summed E-state index contributed by atoms with van der Waals surface area (Å²) in [5.74, 6) is 0.252. The smallest absolute Gasteiger partial charge is 0.344 e. The zero-order chi connectivity index (χ0) is 20.1. The van der Waals surface area contributed by atoms with E-state index in [4.69, 9.17) is 4.74 Å². The lowest BCUT2D eigenvalue weighted by Crippen LogP contribution is -2.27. The summed E-state index contributed by atoms with van der Waals surface area (Å²) in [4.78, 5) is 24.9. The number of amides is 1. The summed E-state index contributed by atoms with van der Waals surface area (Å²) in [6.07, 6.45) is 2.97. The minimum absolute atomic E-state index is 0.0289. The van der Waals surface area contributed by atoms with E-state index in [1.54, 1.807) is 4.57 Å². The molecule has 2 aromatic rings. The van der Waals surface area contributed by atoms with Gasteiger partial charge in [-0.2, -0.15) is 0 Å². The summed E-state index contributed by atoms with van der Waals surface area (Å²) in [6, 6.07) is 7.89. The third kappa shape index (κ3) is 4.86. The van der Waals surface area contributed by atoms with Crippen LogP contribution in [0.5, 0.6) is 0 Å². The fraction of sp³-hybridized carbons (Fsp3) is 0.550. The summed E-state index contributed by atoms with van der Waals surface area (Å²) in [5, 5.41) is 9.73. The number of anilines is 1. The number of benzene rings is 1. The van der Waals surface area contributed by atoms with Gasteiger partial charge in [0.2, 0.25) is 5.91 Å². The van der Waals surface area contributed by atoms with Crippen LogP contribution in [0.4, 0.5) is 5.69 Å². The number of rotatable bonds is 8. The van der Waals surface area contributed by atoms with Crippen LogP contribution < -0.4 is 11.0 Å². The molecule has 0 radical (unpaired) electrons. The van der Waals surface area contributed by atoms with Crippen LogP contribution in [-0.2, 0) is 16.1 Å². The number of aromatic amines is 1. The molecule has 1 aromatic carbocycles. The molecule has 152 valence electrons. The van der Waals surface area contributed by atoms with Crippen LogP contribution in [0, 0.1) is 0 Å². The highest BCUT2D eigenvalue weighted by molar-refractivity contribution is 8.00. The Balaban J connectivity index is 1.68. The van der Waals surface area contributed by atoms with E-state index in [9.17, 15) is 9.59 Å². The van der Waals surface area contributed by atoms with Gasteiger partial charge in [0.15, 0.2) is 5.16 Å². The van der Waals surface area contributed by atoms with E-state index >= 15 is 0 Å². The van der Waals surface area contributed by atoms with Crippen molar-refractivity contribution in [1.82, 2.24) is 14.8 Å². The van der Waals surface area contributed by atoms with Crippen molar-refractivity contribution in [3.8, 4) is 0 Å². The first-order valence-corrected chi connectivity index (χ1v) is 10.7. The number of nitrogens with zero attached hydrogens (tertiary/aromatic N) is 2. The van der Waals surface area contributed by atoms with Gasteiger partial charge < -0.3 is 10.1 Å². The summed E-state index contributed by atoms with van der Waals surface area (Å²) in [6.45, 7) is 7.29. The number of hydrogen-bond donors (Lipinski definition) is 2. The zero-order valence-electron chi connectivity index (χ0n) is 16.6. The van der Waals surface area contributed by atoms with Crippen molar-refractivity contribution in [3.63, 3.8) is 0 Å². The van der Waals surface area contributed by atoms with Crippen molar-refractivity contribution >= 4 is 23.4 Å². The molecular weight excluding hydrogens is 376 g/mol. The molecule has 1 fully saturated rings. The number of H-pyrrole nitrogens is 1. The standard InChI is InChI=1S/C20H28N4O3S/c1-4-13(2)16-9-5-6-10-17(16)21-18(25)14(3)28-20-23-22-19(26)24(20)12-15-8-7-11-27-15/h5-6,9-10,13-15H,4,7-8,11-12H2,1-3H3,(H,21,25)(H,22,26). The molecule has 7 nitrogen and oxygen atoms in total. The maximum Gasteiger partial charge on any atom is 0.344 e. The molecule has 3 unspecified atom stereocenters. The highest BCUT2D eigenvalue weighted by Gasteiger charge is 2.23. The predicted octanol–water partition coefficient (Wildman–Crippen LogP) is 3.38. The van der Waals surface area contributed by atoms with Gasteiger partial charge in [-0.25, -0.2) is 9.89 Å². The Kier molecular flexibility index (Phi) is 6.96. The lowest BCUT2D eigenvalue weighted by molar-refractivity contribution is -0.115. The largest absolute Gasteiger partial charge is 0.376 e. The zero-order valence-corrected chi connectivity index (χ0v) is 17.4. The van der Waals surface area contributed by atoms with Gasteiger partial charge in [-0.05, 0) is 43.7 Å². The number of para-hydroxylation sites is 1. The summed E-state index contributed by atoms with van der Waals surface area (Å²) in [7, 11) is 0. The molecule has 0 bridgehead atoms. The van der Waals surface area contributed by atoms with Crippen LogP contribution >= 0.6 is 11.8 Å². The predicted molar refractivity (Wildman–Crippen MR) is 111 cm³/mol. The van der Waals surface area contributed by atoms with Crippen molar-refractivity contribution in [2.75, 3.05) is 11.9 Å². The molecule has 0 aliphatic carbocycles. The van der Waals surface area contributed by atoms with E-state index in [0.717, 1.165) is 37.1 Å². The molecule has 1 saturated heterocycles. The summed E-state index contributed by atoms with van der Waals surface area (Å²) in [5.41, 5.74) is 1.70. The molecule has 2 N–H and O–H groups in total. The molecule has 0 spiro atoms. The molecule has 8 heteroatoms. The number of aromatic nitrogens is 3. The molecule has 2 heterocycles. The molecule has 3 rings (SSSR count). The first-order chi connectivity index (χ1) is 13.5. The van der Waals surface area contributed by atoms with Gasteiger partial charge in [0.1, 0.15) is 0 Å². The van der Waals surface area contributed by atoms with Crippen LogP contribution in [0.25, 0.3) is 0 Å². The lowest BCUT2D eigenvalue weighted by atomic mass is 9.97. The molecule has 28 heavy (non-hydrogen) atoms. The van der Waals surface area contributed by atoms with Gasteiger partial charge in [-0.3, -0.25) is 9.36 Å². The first kappa shape index (κ1) is 20.7. The van der Waals surface area contributed by atoms with Crippen molar-refractivity contribution in [2.45, 2.75) is 69.0 Å². The van der Waals surface area contributed by atoms with E-state index in [1.807, 2.05) is 25.1 Å². The Bertz CT molecular complexity index is 857. The second kappa shape index (κ2) is 9.43. The Morgan fingerprint density at radius 2 is 2.21 bits per heavy atom. The molecular formula is C20H28N4O3S. The molecule has 1 aliphatic heterocycles. The summed E-state index contributed by atoms with van der Waals surface area (Å²) < 4.78 is 7.19. The Morgan fingerprint density at radius 1 is 1.43 bits per heavy atom. The van der Waals surface area contributed by atoms with Gasteiger partial charge in [0.05, 0.1) is 17.9 Å². The highest BCUT2D eigenvalue weighted by Crippen LogP contribution is 2.28. The average Bonchev–Trinajstić information content (AvgIpc) is 3.33. The third-order valence-corrected chi connectivity index (χ3v) is 6.24. The van der Waals surface area contributed by atoms with Gasteiger partial charge in [-0.1, -0.05) is 43.8 Å². The van der Waals surface area contributed by atoms with E-state index in [1.165, 1.54) is 11.8 Å². The van der Waals surface area contributed by atoms with Crippen molar-refractivity contribution in [2.24, 2.45) is 0 Å². The minimum Gasteiger partial charge on any atom is -0.376 e. The molecule has 1 amide bonds. The van der Waals surface area contributed by atoms with Crippen LogP contribution in [0.15, 0.2) is 34.2 Å². The van der Waals surface area contributed by atoms with Crippen LogP contribution in [0.3, 0.4) is 0 Å². The molecule has 0 saturated carbocycles. The highest BCUT2D eigenvalue weighted by atomic mass is 32.2. The Hall–Kier alpha value is -2.06. The number of nitrogens with one attached hydrogen (secondary N) is 2. The number of hydrogen-bond acceptors (Lipinski definition) is 5. The number of ether oxygens (including phenoxy) is 1. The maximum atomic E-state index is 12.8. The first-order valence-electron chi connectivity index (χ1n) is 9.82. The number of carbonyl (C=O) groups excluding carboxylic acids is 1. The van der Waals surface area contributed by atoms with Crippen molar-refractivity contribution in [3.05, 3.63) is 40.3 Å². The van der Waals surface area contributed by atoms with Crippen LogP contribution in [0.2, 0.25) is 0 Å². The maximum absolute atomic E-state index is 12.8. The van der Waals surface area contributed by atoms with Crippen molar-refractivity contribution < 1.29 is 9.53 Å². The van der Waals surface area contributed by atoms with Gasteiger partial charge in [0.25, 0.3) is 0 Å². The average molecular weight is 405 g/mol.